The van der Waals surface area contributed by atoms with Crippen molar-refractivity contribution in [3.8, 4) is 17.1 Å². The Hall–Kier alpha value is -3.20. The number of nitrogens with one attached hydrogen (secondary N) is 1. The van der Waals surface area contributed by atoms with Crippen molar-refractivity contribution in [2.75, 3.05) is 20.2 Å². The van der Waals surface area contributed by atoms with Crippen LogP contribution < -0.4 is 10.1 Å². The van der Waals surface area contributed by atoms with Crippen LogP contribution in [0.1, 0.15) is 34.4 Å². The van der Waals surface area contributed by atoms with Crippen LogP contribution in [0, 0.1) is 0 Å². The van der Waals surface area contributed by atoms with Crippen LogP contribution in [0.5, 0.6) is 5.75 Å². The summed E-state index contributed by atoms with van der Waals surface area (Å²) in [6.45, 7) is 0.533. The first-order valence-corrected chi connectivity index (χ1v) is 10.1. The second-order valence-corrected chi connectivity index (χ2v) is 7.54. The number of hydrogen-bond acceptors (Lipinski definition) is 7. The number of benzene rings is 1. The summed E-state index contributed by atoms with van der Waals surface area (Å²) in [7, 11) is 1.61. The summed E-state index contributed by atoms with van der Waals surface area (Å²) in [5, 5.41) is 8.56. The lowest BCUT2D eigenvalue weighted by atomic mass is 10.2. The molecule has 0 spiro atoms. The molecule has 1 aromatic carbocycles. The molecule has 0 aliphatic carbocycles. The van der Waals surface area contributed by atoms with Crippen molar-refractivity contribution in [1.29, 1.82) is 0 Å². The van der Waals surface area contributed by atoms with Gasteiger partial charge in [-0.3, -0.25) is 9.59 Å². The third-order valence-electron chi connectivity index (χ3n) is 4.79. The first-order chi connectivity index (χ1) is 14.2. The van der Waals surface area contributed by atoms with E-state index in [0.29, 0.717) is 23.1 Å². The lowest BCUT2D eigenvalue weighted by Gasteiger charge is -2.21. The SMILES string of the molecule is COc1ccc(-c2noc([C@H]3CCCN3C(=O)CNC(=O)c3cccs3)n2)cc1. The number of carbonyl (C=O) groups excluding carboxylic acids is 2. The van der Waals surface area contributed by atoms with E-state index in [9.17, 15) is 9.59 Å². The fourth-order valence-corrected chi connectivity index (χ4v) is 3.94. The van der Waals surface area contributed by atoms with Crippen molar-refractivity contribution in [1.82, 2.24) is 20.4 Å². The molecule has 2 amide bonds. The third-order valence-corrected chi connectivity index (χ3v) is 5.66. The van der Waals surface area contributed by atoms with Gasteiger partial charge >= 0.3 is 0 Å². The van der Waals surface area contributed by atoms with Gasteiger partial charge in [0, 0.05) is 12.1 Å². The lowest BCUT2D eigenvalue weighted by molar-refractivity contribution is -0.131. The molecule has 9 heteroatoms. The first kappa shape index (κ1) is 19.1. The number of hydrogen-bond donors (Lipinski definition) is 1. The minimum absolute atomic E-state index is 0.0628. The van der Waals surface area contributed by atoms with Crippen LogP contribution in [0.3, 0.4) is 0 Å². The molecule has 0 radical (unpaired) electrons. The highest BCUT2D eigenvalue weighted by molar-refractivity contribution is 7.12. The quantitative estimate of drug-likeness (QED) is 0.669. The van der Waals surface area contributed by atoms with Crippen molar-refractivity contribution >= 4 is 23.2 Å². The smallest absolute Gasteiger partial charge is 0.261 e. The van der Waals surface area contributed by atoms with E-state index in [1.54, 1.807) is 24.1 Å². The number of likely N-dealkylation sites (tertiary alicyclic amines) is 1. The van der Waals surface area contributed by atoms with E-state index < -0.39 is 0 Å². The molecule has 150 valence electrons. The predicted molar refractivity (Wildman–Crippen MR) is 107 cm³/mol. The van der Waals surface area contributed by atoms with Crippen molar-refractivity contribution in [3.63, 3.8) is 0 Å². The summed E-state index contributed by atoms with van der Waals surface area (Å²) >= 11 is 1.34. The van der Waals surface area contributed by atoms with Gasteiger partial charge in [-0.1, -0.05) is 11.2 Å². The van der Waals surface area contributed by atoms with E-state index in [4.69, 9.17) is 9.26 Å². The third kappa shape index (κ3) is 4.14. The maximum atomic E-state index is 12.7. The molecule has 8 nitrogen and oxygen atoms in total. The Balaban J connectivity index is 1.42. The fourth-order valence-electron chi connectivity index (χ4n) is 3.30. The van der Waals surface area contributed by atoms with Crippen molar-refractivity contribution in [3.05, 3.63) is 52.5 Å². The van der Waals surface area contributed by atoms with Gasteiger partial charge in [-0.2, -0.15) is 4.98 Å². The van der Waals surface area contributed by atoms with Gasteiger partial charge in [0.25, 0.3) is 5.91 Å². The lowest BCUT2D eigenvalue weighted by Crippen LogP contribution is -2.39. The average molecular weight is 412 g/mol. The maximum absolute atomic E-state index is 12.7. The molecule has 0 saturated carbocycles. The van der Waals surface area contributed by atoms with Crippen LogP contribution in [0.4, 0.5) is 0 Å². The van der Waals surface area contributed by atoms with Crippen LogP contribution in [0.15, 0.2) is 46.3 Å². The van der Waals surface area contributed by atoms with Gasteiger partial charge in [0.15, 0.2) is 0 Å². The molecule has 0 unspecified atom stereocenters. The Labute approximate surface area is 171 Å². The Morgan fingerprint density at radius 1 is 1.31 bits per heavy atom. The Morgan fingerprint density at radius 2 is 2.14 bits per heavy atom. The molecule has 3 aromatic rings. The number of thiophene rings is 1. The molecule has 1 aliphatic heterocycles. The Kier molecular flexibility index (Phi) is 5.57. The highest BCUT2D eigenvalue weighted by atomic mass is 32.1. The van der Waals surface area contributed by atoms with Crippen LogP contribution in [0.2, 0.25) is 0 Å². The molecular formula is C20H20N4O4S. The van der Waals surface area contributed by atoms with Gasteiger partial charge < -0.3 is 19.5 Å². The highest BCUT2D eigenvalue weighted by Gasteiger charge is 2.34. The van der Waals surface area contributed by atoms with Gasteiger partial charge in [-0.05, 0) is 48.6 Å². The zero-order valence-electron chi connectivity index (χ0n) is 15.8. The van der Waals surface area contributed by atoms with E-state index >= 15 is 0 Å². The molecule has 0 bridgehead atoms. The molecule has 3 heterocycles. The van der Waals surface area contributed by atoms with Gasteiger partial charge in [-0.15, -0.1) is 11.3 Å². The number of nitrogens with zero attached hydrogens (tertiary/aromatic N) is 3. The fraction of sp³-hybridized carbons (Fsp3) is 0.300. The van der Waals surface area contributed by atoms with Crippen LogP contribution in [-0.2, 0) is 4.79 Å². The summed E-state index contributed by atoms with van der Waals surface area (Å²) in [5.74, 6) is 1.21. The summed E-state index contributed by atoms with van der Waals surface area (Å²) in [4.78, 5) is 31.5. The number of amides is 2. The van der Waals surface area contributed by atoms with Gasteiger partial charge in [0.1, 0.15) is 11.8 Å². The second kappa shape index (κ2) is 8.44. The van der Waals surface area contributed by atoms with Crippen molar-refractivity contribution < 1.29 is 18.8 Å². The molecule has 2 aromatic heterocycles. The topological polar surface area (TPSA) is 97.6 Å². The average Bonchev–Trinajstić information content (AvgIpc) is 3.52. The van der Waals surface area contributed by atoms with Gasteiger partial charge in [-0.25, -0.2) is 0 Å². The minimum Gasteiger partial charge on any atom is -0.497 e. The van der Waals surface area contributed by atoms with Crippen LogP contribution >= 0.6 is 11.3 Å². The standard InChI is InChI=1S/C20H20N4O4S/c1-27-14-8-6-13(7-9-14)18-22-20(28-23-18)15-4-2-10-24(15)17(25)12-21-19(26)16-5-3-11-29-16/h3,5-9,11,15H,2,4,10,12H2,1H3,(H,21,26)/t15-/m1/s1. The zero-order valence-corrected chi connectivity index (χ0v) is 16.6. The monoisotopic (exact) mass is 412 g/mol. The summed E-state index contributed by atoms with van der Waals surface area (Å²) in [6, 6.07) is 10.6. The summed E-state index contributed by atoms with van der Waals surface area (Å²) < 4.78 is 10.6. The van der Waals surface area contributed by atoms with Gasteiger partial charge in [0.2, 0.25) is 17.6 Å². The van der Waals surface area contributed by atoms with E-state index in [2.05, 4.69) is 15.5 Å². The number of rotatable bonds is 6. The van der Waals surface area contributed by atoms with E-state index in [0.717, 1.165) is 24.2 Å². The largest absolute Gasteiger partial charge is 0.497 e. The Bertz CT molecular complexity index is 984. The number of ether oxygens (including phenoxy) is 1. The van der Waals surface area contributed by atoms with E-state index in [1.165, 1.54) is 11.3 Å². The van der Waals surface area contributed by atoms with Crippen molar-refractivity contribution in [2.24, 2.45) is 0 Å². The van der Waals surface area contributed by atoms with E-state index in [1.807, 2.05) is 29.6 Å². The van der Waals surface area contributed by atoms with E-state index in [-0.39, 0.29) is 24.4 Å². The normalized spacial score (nSPS) is 16.0. The minimum atomic E-state index is -0.277. The highest BCUT2D eigenvalue weighted by Crippen LogP contribution is 2.32. The molecule has 1 atom stereocenters. The zero-order chi connectivity index (χ0) is 20.2. The molecule has 29 heavy (non-hydrogen) atoms. The predicted octanol–water partition coefficient (Wildman–Crippen LogP) is 2.90. The Morgan fingerprint density at radius 3 is 2.86 bits per heavy atom. The second-order valence-electron chi connectivity index (χ2n) is 6.59. The maximum Gasteiger partial charge on any atom is 0.261 e. The molecule has 1 fully saturated rings. The molecule has 1 aliphatic rings. The van der Waals surface area contributed by atoms with Crippen LogP contribution in [-0.4, -0.2) is 47.1 Å². The van der Waals surface area contributed by atoms with Crippen molar-refractivity contribution in [2.45, 2.75) is 18.9 Å². The molecule has 4 rings (SSSR count). The summed E-state index contributed by atoms with van der Waals surface area (Å²) in [6.07, 6.45) is 1.59. The number of methoxy groups -OCH3 is 1. The molecule has 1 N–H and O–H groups in total. The number of aromatic nitrogens is 2. The molecular weight excluding hydrogens is 392 g/mol. The first-order valence-electron chi connectivity index (χ1n) is 9.25. The number of carbonyl (C=O) groups is 2. The van der Waals surface area contributed by atoms with Gasteiger partial charge in [0.05, 0.1) is 18.5 Å². The summed E-state index contributed by atoms with van der Waals surface area (Å²) in [5.41, 5.74) is 0.805. The van der Waals surface area contributed by atoms with Crippen LogP contribution in [0.25, 0.3) is 11.4 Å². The molecule has 1 saturated heterocycles.